The molecule has 0 saturated carbocycles. The van der Waals surface area contributed by atoms with Crippen molar-refractivity contribution in [2.45, 2.75) is 6.92 Å². The Morgan fingerprint density at radius 1 is 1.27 bits per heavy atom. The normalized spacial score (nSPS) is 5.27. The number of ketones is 1. The van der Waals surface area contributed by atoms with E-state index in [1.807, 2.05) is 5.92 Å². The third-order valence-electron chi connectivity index (χ3n) is 0.553. The molecule has 0 unspecified atom stereocenters. The molecule has 0 aliphatic heterocycles. The van der Waals surface area contributed by atoms with Gasteiger partial charge in [0.25, 0.3) is 0 Å². The van der Waals surface area contributed by atoms with Crippen molar-refractivity contribution in [3.63, 3.8) is 0 Å². The second kappa shape index (κ2) is 6.27. The molecule has 0 amide bonds. The quantitative estimate of drug-likeness (QED) is 0.280. The largest absolute Gasteiger partial charge is 0.319 e. The van der Waals surface area contributed by atoms with Gasteiger partial charge in [0.1, 0.15) is 0 Å². The fourth-order valence-corrected chi connectivity index (χ4v) is 0.245. The number of rotatable bonds is 0. The lowest BCUT2D eigenvalue weighted by atomic mass is 10.4. The summed E-state index contributed by atoms with van der Waals surface area (Å²) < 4.78 is 11.2. The van der Waals surface area contributed by atoms with E-state index in [4.69, 9.17) is 0 Å². The Labute approximate surface area is 65.0 Å². The number of hydrogen-bond donors (Lipinski definition) is 0. The molecule has 0 aliphatic carbocycles. The van der Waals surface area contributed by atoms with Gasteiger partial charge in [-0.3, -0.25) is 4.79 Å². The van der Waals surface area contributed by atoms with E-state index in [-0.39, 0.29) is 12.5 Å². The van der Waals surface area contributed by atoms with Gasteiger partial charge >= 0.3 is 0 Å². The highest BCUT2D eigenvalue weighted by Crippen LogP contribution is 1.67. The molecule has 1 nitrogen and oxygen atoms in total. The molecule has 0 aliphatic rings. The zero-order valence-corrected chi connectivity index (χ0v) is 5.86. The first-order valence-electron chi connectivity index (χ1n) is 2.71. The molecule has 11 heavy (non-hydrogen) atoms. The van der Waals surface area contributed by atoms with Crippen LogP contribution in [-0.2, 0) is 4.79 Å². The summed E-state index contributed by atoms with van der Waals surface area (Å²) in [5.41, 5.74) is 0. The van der Waals surface area contributed by atoms with Gasteiger partial charge < -0.3 is 4.39 Å². The number of carbonyl (C=O) groups is 1. The maximum atomic E-state index is 11.2. The summed E-state index contributed by atoms with van der Waals surface area (Å²) in [5.74, 6) is 12.8. The topological polar surface area (TPSA) is 17.1 Å². The number of hydrogen-bond acceptors (Lipinski definition) is 1. The molecule has 0 bridgehead atoms. The summed E-state index contributed by atoms with van der Waals surface area (Å²) in [6.45, 7) is 1.52. The standard InChI is InChI=1S/C9H4FO/c1-9(11)7-5-3-2-4-6-8-10/h8H,1H3/q-1. The lowest BCUT2D eigenvalue weighted by Crippen LogP contribution is -1.78. The Morgan fingerprint density at radius 3 is 2.45 bits per heavy atom. The number of carbonyl (C=O) groups excluding carboxylic acids is 1. The molecule has 0 aromatic heterocycles. The summed E-state index contributed by atoms with van der Waals surface area (Å²) in [7, 11) is 0. The Kier molecular flexibility index (Phi) is 5.22. The summed E-state index contributed by atoms with van der Waals surface area (Å²) >= 11 is 0. The average Bonchev–Trinajstić information content (AvgIpc) is 1.96. The van der Waals surface area contributed by atoms with Crippen LogP contribution in [0.15, 0.2) is 0 Å². The highest BCUT2D eigenvalue weighted by atomic mass is 19.1. The molecule has 0 fully saturated rings. The van der Waals surface area contributed by atoms with Crippen molar-refractivity contribution in [3.05, 3.63) is 6.67 Å². The van der Waals surface area contributed by atoms with E-state index in [2.05, 4.69) is 29.6 Å². The van der Waals surface area contributed by atoms with Crippen LogP contribution in [0.4, 0.5) is 4.39 Å². The first-order valence-corrected chi connectivity index (χ1v) is 2.71. The van der Waals surface area contributed by atoms with Crippen LogP contribution in [-0.4, -0.2) is 5.78 Å². The van der Waals surface area contributed by atoms with Crippen LogP contribution in [0.25, 0.3) is 0 Å². The molecule has 0 heterocycles. The molecule has 0 atom stereocenters. The first-order chi connectivity index (χ1) is 5.27. The van der Waals surface area contributed by atoms with Crippen molar-refractivity contribution in [2.24, 2.45) is 0 Å². The van der Waals surface area contributed by atoms with Gasteiger partial charge in [0.2, 0.25) is 5.78 Å². The maximum Gasteiger partial charge on any atom is 0.203 e. The Balaban J connectivity index is 3.94. The van der Waals surface area contributed by atoms with Crippen LogP contribution in [0.5, 0.6) is 0 Å². The molecule has 0 radical (unpaired) electrons. The number of Topliss-reactive ketones (excluding diaryl/α,β-unsaturated/α-hetero) is 1. The van der Waals surface area contributed by atoms with Crippen molar-refractivity contribution in [2.75, 3.05) is 0 Å². The van der Waals surface area contributed by atoms with E-state index in [1.54, 1.807) is 0 Å². The predicted molar refractivity (Wildman–Crippen MR) is 39.4 cm³/mol. The van der Waals surface area contributed by atoms with Crippen LogP contribution in [0.1, 0.15) is 6.92 Å². The summed E-state index contributed by atoms with van der Waals surface area (Å²) in [6.07, 6.45) is 0. The minimum Gasteiger partial charge on any atom is -0.319 e. The highest BCUT2D eigenvalue weighted by molar-refractivity contribution is 5.93. The zero-order valence-electron chi connectivity index (χ0n) is 5.86. The predicted octanol–water partition coefficient (Wildman–Crippen LogP) is 0.717. The monoisotopic (exact) mass is 147 g/mol. The summed E-state index contributed by atoms with van der Waals surface area (Å²) in [6, 6.07) is 0. The molecule has 2 heteroatoms. The van der Waals surface area contributed by atoms with Gasteiger partial charge in [-0.2, -0.15) is 0 Å². The number of halogens is 1. The molecule has 54 valence electrons. The van der Waals surface area contributed by atoms with Gasteiger partial charge in [0.05, 0.1) is 0 Å². The highest BCUT2D eigenvalue weighted by Gasteiger charge is 1.73. The lowest BCUT2D eigenvalue weighted by Gasteiger charge is -1.73. The van der Waals surface area contributed by atoms with Crippen LogP contribution in [0.3, 0.4) is 0 Å². The third kappa shape index (κ3) is 8.15. The second-order valence-electron chi connectivity index (χ2n) is 1.43. The molecular formula is C9H4FO-. The van der Waals surface area contributed by atoms with E-state index in [1.165, 1.54) is 6.92 Å². The molecule has 0 rings (SSSR count). The Morgan fingerprint density at radius 2 is 1.91 bits per heavy atom. The van der Waals surface area contributed by atoms with Gasteiger partial charge in [-0.25, -0.2) is 11.8 Å². The zero-order chi connectivity index (χ0) is 8.53. The molecular weight excluding hydrogens is 143 g/mol. The van der Waals surface area contributed by atoms with Crippen LogP contribution in [0, 0.1) is 42.2 Å². The van der Waals surface area contributed by atoms with Gasteiger partial charge in [0, 0.05) is 6.92 Å². The molecule has 0 aromatic carbocycles. The summed E-state index contributed by atoms with van der Waals surface area (Å²) in [4.78, 5) is 10.2. The molecule has 0 spiro atoms. The SMILES string of the molecule is CC(=O)C#CC#CC#C[CH-]F. The van der Waals surface area contributed by atoms with Gasteiger partial charge in [-0.1, -0.05) is 0 Å². The minimum absolute atomic E-state index is 0.188. The average molecular weight is 147 g/mol. The summed E-state index contributed by atoms with van der Waals surface area (Å²) in [5, 5.41) is 0. The van der Waals surface area contributed by atoms with Crippen molar-refractivity contribution in [3.8, 4) is 35.5 Å². The van der Waals surface area contributed by atoms with E-state index in [9.17, 15) is 9.18 Å². The van der Waals surface area contributed by atoms with Crippen molar-refractivity contribution in [1.82, 2.24) is 0 Å². The van der Waals surface area contributed by atoms with Crippen LogP contribution >= 0.6 is 0 Å². The molecule has 0 aromatic rings. The van der Waals surface area contributed by atoms with Crippen LogP contribution in [0.2, 0.25) is 0 Å². The van der Waals surface area contributed by atoms with Gasteiger partial charge in [-0.15, -0.1) is 5.92 Å². The fourth-order valence-electron chi connectivity index (χ4n) is 0.245. The minimum atomic E-state index is -0.260. The van der Waals surface area contributed by atoms with Gasteiger partial charge in [-0.05, 0) is 24.4 Å². The third-order valence-corrected chi connectivity index (χ3v) is 0.553. The van der Waals surface area contributed by atoms with E-state index >= 15 is 0 Å². The van der Waals surface area contributed by atoms with Crippen LogP contribution < -0.4 is 0 Å². The maximum absolute atomic E-state index is 11.2. The first kappa shape index (κ1) is 9.15. The Bertz CT molecular complexity index is 309. The van der Waals surface area contributed by atoms with E-state index in [0.717, 1.165) is 0 Å². The molecule has 0 N–H and O–H groups in total. The fraction of sp³-hybridized carbons (Fsp3) is 0.111. The van der Waals surface area contributed by atoms with Gasteiger partial charge in [0.15, 0.2) is 0 Å². The second-order valence-corrected chi connectivity index (χ2v) is 1.43. The lowest BCUT2D eigenvalue weighted by molar-refractivity contribution is -0.111. The van der Waals surface area contributed by atoms with E-state index in [0.29, 0.717) is 0 Å². The smallest absolute Gasteiger partial charge is 0.203 e. The van der Waals surface area contributed by atoms with Crippen molar-refractivity contribution >= 4 is 5.78 Å². The Hall–Kier alpha value is -1.85. The molecule has 0 saturated heterocycles. The van der Waals surface area contributed by atoms with Crippen molar-refractivity contribution < 1.29 is 9.18 Å². The van der Waals surface area contributed by atoms with Crippen molar-refractivity contribution in [1.29, 1.82) is 0 Å². The van der Waals surface area contributed by atoms with E-state index < -0.39 is 0 Å².